The van der Waals surface area contributed by atoms with Gasteiger partial charge >= 0.3 is 0 Å². The Morgan fingerprint density at radius 3 is 2.43 bits per heavy atom. The van der Waals surface area contributed by atoms with Crippen molar-refractivity contribution in [1.29, 1.82) is 5.26 Å². The molecule has 7 heteroatoms. The molecule has 2 rings (SSSR count). The van der Waals surface area contributed by atoms with Gasteiger partial charge in [0.05, 0.1) is 10.6 Å². The molecule has 0 spiro atoms. The molecular formula is C14H19N3O3S. The number of nitrogen functional groups attached to an aromatic ring is 1. The molecule has 0 radical (unpaired) electrons. The molecule has 2 atom stereocenters. The number of Topliss-reactive ketones (excluding diaryl/α,β-unsaturated/α-hetero) is 1. The van der Waals surface area contributed by atoms with Gasteiger partial charge in [-0.3, -0.25) is 4.79 Å². The molecule has 6 nitrogen and oxygen atoms in total. The minimum absolute atomic E-state index is 0.0361. The fraction of sp³-hybridized carbons (Fsp3) is 0.571. The lowest BCUT2D eigenvalue weighted by atomic mass is 10.2. The van der Waals surface area contributed by atoms with Gasteiger partial charge in [0.1, 0.15) is 28.8 Å². The molecule has 0 aromatic carbocycles. The summed E-state index contributed by atoms with van der Waals surface area (Å²) >= 11 is 1.28. The molecule has 2 heterocycles. The summed E-state index contributed by atoms with van der Waals surface area (Å²) in [7, 11) is 3.28. The van der Waals surface area contributed by atoms with Gasteiger partial charge in [0, 0.05) is 33.7 Å². The van der Waals surface area contributed by atoms with E-state index in [1.165, 1.54) is 11.3 Å². The smallest absolute Gasteiger partial charge is 0.174 e. The van der Waals surface area contributed by atoms with Crippen molar-refractivity contribution in [1.82, 2.24) is 0 Å². The minimum atomic E-state index is -0.0600. The number of ether oxygens (including phenoxy) is 2. The van der Waals surface area contributed by atoms with Gasteiger partial charge in [-0.25, -0.2) is 0 Å². The zero-order chi connectivity index (χ0) is 15.6. The maximum absolute atomic E-state index is 11.9. The molecule has 2 N–H and O–H groups in total. The second-order valence-electron chi connectivity index (χ2n) is 4.87. The number of nitriles is 1. The number of methoxy groups -OCH3 is 2. The summed E-state index contributed by atoms with van der Waals surface area (Å²) in [5, 5.41) is 10.1. The zero-order valence-corrected chi connectivity index (χ0v) is 13.2. The molecule has 0 aliphatic carbocycles. The summed E-state index contributed by atoms with van der Waals surface area (Å²) in [5.74, 6) is -0.0361. The van der Waals surface area contributed by atoms with E-state index in [1.54, 1.807) is 21.1 Å². The van der Waals surface area contributed by atoms with Gasteiger partial charge < -0.3 is 20.1 Å². The van der Waals surface area contributed by atoms with Crippen molar-refractivity contribution in [3.63, 3.8) is 0 Å². The van der Waals surface area contributed by atoms with Crippen LogP contribution in [0.15, 0.2) is 0 Å². The molecule has 114 valence electrons. The standard InChI is InChI=1S/C14H19N3O3S/c1-4-9(18)13-12(16)8(5-15)14(21-13)17-6-10(19-2)11(7-17)20-3/h10-11H,4,6-7,16H2,1-3H3. The molecule has 1 fully saturated rings. The SMILES string of the molecule is CCC(=O)c1sc(N2CC(OC)C(OC)C2)c(C#N)c1N. The summed E-state index contributed by atoms with van der Waals surface area (Å²) in [6.07, 6.45) is 0.251. The number of nitrogens with two attached hydrogens (primary N) is 1. The number of nitrogens with zero attached hydrogens (tertiary/aromatic N) is 2. The van der Waals surface area contributed by atoms with E-state index in [4.69, 9.17) is 15.2 Å². The van der Waals surface area contributed by atoms with Crippen LogP contribution in [0.2, 0.25) is 0 Å². The fourth-order valence-corrected chi connectivity index (χ4v) is 3.69. The molecule has 1 aromatic rings. The number of anilines is 2. The zero-order valence-electron chi connectivity index (χ0n) is 12.4. The summed E-state index contributed by atoms with van der Waals surface area (Å²) in [6.45, 7) is 3.01. The number of ketones is 1. The van der Waals surface area contributed by atoms with E-state index in [0.717, 1.165) is 5.00 Å². The van der Waals surface area contributed by atoms with Crippen LogP contribution in [-0.4, -0.2) is 45.3 Å². The number of carbonyl (C=O) groups excluding carboxylic acids is 1. The van der Waals surface area contributed by atoms with E-state index in [1.807, 2.05) is 4.90 Å². The van der Waals surface area contributed by atoms with Gasteiger partial charge in [0.25, 0.3) is 0 Å². The van der Waals surface area contributed by atoms with Crippen molar-refractivity contribution in [3.05, 3.63) is 10.4 Å². The molecule has 2 unspecified atom stereocenters. The van der Waals surface area contributed by atoms with E-state index in [0.29, 0.717) is 35.6 Å². The van der Waals surface area contributed by atoms with Crippen molar-refractivity contribution in [2.24, 2.45) is 0 Å². The summed E-state index contributed by atoms with van der Waals surface area (Å²) in [4.78, 5) is 14.4. The van der Waals surface area contributed by atoms with Gasteiger partial charge in [-0.15, -0.1) is 11.3 Å². The Balaban J connectivity index is 2.37. The van der Waals surface area contributed by atoms with Gasteiger partial charge in [0.15, 0.2) is 5.78 Å². The molecule has 0 saturated carbocycles. The highest BCUT2D eigenvalue weighted by Crippen LogP contribution is 2.40. The summed E-state index contributed by atoms with van der Waals surface area (Å²) in [5.41, 5.74) is 6.64. The lowest BCUT2D eigenvalue weighted by Gasteiger charge is -2.15. The number of carbonyl (C=O) groups is 1. The monoisotopic (exact) mass is 309 g/mol. The van der Waals surface area contributed by atoms with Gasteiger partial charge in [-0.2, -0.15) is 5.26 Å². The number of hydrogen-bond acceptors (Lipinski definition) is 7. The molecule has 1 aromatic heterocycles. The first-order valence-corrected chi connectivity index (χ1v) is 7.55. The van der Waals surface area contributed by atoms with E-state index >= 15 is 0 Å². The lowest BCUT2D eigenvalue weighted by molar-refractivity contribution is -0.00461. The maximum Gasteiger partial charge on any atom is 0.174 e. The highest BCUT2D eigenvalue weighted by atomic mass is 32.1. The second kappa shape index (κ2) is 6.43. The van der Waals surface area contributed by atoms with Crippen molar-refractivity contribution < 1.29 is 14.3 Å². The first kappa shape index (κ1) is 15.8. The van der Waals surface area contributed by atoms with Gasteiger partial charge in [-0.1, -0.05) is 6.92 Å². The Labute approximate surface area is 128 Å². The average molecular weight is 309 g/mol. The Morgan fingerprint density at radius 2 is 2.00 bits per heavy atom. The quantitative estimate of drug-likeness (QED) is 0.832. The van der Waals surface area contributed by atoms with Crippen molar-refractivity contribution >= 4 is 27.8 Å². The van der Waals surface area contributed by atoms with Crippen LogP contribution in [-0.2, 0) is 9.47 Å². The van der Waals surface area contributed by atoms with Crippen LogP contribution in [0.3, 0.4) is 0 Å². The molecule has 1 aliphatic rings. The van der Waals surface area contributed by atoms with E-state index in [2.05, 4.69) is 6.07 Å². The third-order valence-corrected chi connectivity index (χ3v) is 5.03. The van der Waals surface area contributed by atoms with E-state index in [-0.39, 0.29) is 18.0 Å². The Kier molecular flexibility index (Phi) is 4.83. The predicted molar refractivity (Wildman–Crippen MR) is 81.9 cm³/mol. The largest absolute Gasteiger partial charge is 0.396 e. The van der Waals surface area contributed by atoms with E-state index < -0.39 is 0 Å². The van der Waals surface area contributed by atoms with E-state index in [9.17, 15) is 10.1 Å². The average Bonchev–Trinajstić information content (AvgIpc) is 3.06. The lowest BCUT2D eigenvalue weighted by Crippen LogP contribution is -2.27. The van der Waals surface area contributed by atoms with Crippen LogP contribution >= 0.6 is 11.3 Å². The number of rotatable bonds is 5. The molecule has 21 heavy (non-hydrogen) atoms. The molecular weight excluding hydrogens is 290 g/mol. The van der Waals surface area contributed by atoms with Crippen LogP contribution < -0.4 is 10.6 Å². The minimum Gasteiger partial charge on any atom is -0.396 e. The highest BCUT2D eigenvalue weighted by molar-refractivity contribution is 7.19. The normalized spacial score (nSPS) is 21.5. The first-order chi connectivity index (χ1) is 10.1. The Morgan fingerprint density at radius 1 is 1.43 bits per heavy atom. The third kappa shape index (κ3) is 2.75. The Bertz CT molecular complexity index is 567. The van der Waals surface area contributed by atoms with Crippen LogP contribution in [0.4, 0.5) is 10.7 Å². The topological polar surface area (TPSA) is 88.6 Å². The van der Waals surface area contributed by atoms with Crippen molar-refractivity contribution in [2.75, 3.05) is 37.9 Å². The molecule has 0 amide bonds. The van der Waals surface area contributed by atoms with Crippen LogP contribution in [0.1, 0.15) is 28.6 Å². The maximum atomic E-state index is 11.9. The van der Waals surface area contributed by atoms with Crippen LogP contribution in [0, 0.1) is 11.3 Å². The van der Waals surface area contributed by atoms with Crippen LogP contribution in [0.5, 0.6) is 0 Å². The van der Waals surface area contributed by atoms with Crippen molar-refractivity contribution in [2.45, 2.75) is 25.6 Å². The predicted octanol–water partition coefficient (Wildman–Crippen LogP) is 1.64. The summed E-state index contributed by atoms with van der Waals surface area (Å²) < 4.78 is 10.8. The van der Waals surface area contributed by atoms with Gasteiger partial charge in [0.2, 0.25) is 0 Å². The van der Waals surface area contributed by atoms with Gasteiger partial charge in [-0.05, 0) is 0 Å². The van der Waals surface area contributed by atoms with Crippen molar-refractivity contribution in [3.8, 4) is 6.07 Å². The molecule has 1 aliphatic heterocycles. The fourth-order valence-electron chi connectivity index (χ4n) is 2.49. The van der Waals surface area contributed by atoms with Crippen LogP contribution in [0.25, 0.3) is 0 Å². The highest BCUT2D eigenvalue weighted by Gasteiger charge is 2.36. The first-order valence-electron chi connectivity index (χ1n) is 6.73. The third-order valence-electron chi connectivity index (χ3n) is 3.72. The molecule has 0 bridgehead atoms. The number of thiophene rings is 1. The number of hydrogen-bond donors (Lipinski definition) is 1. The Hall–Kier alpha value is -1.62. The second-order valence-corrected chi connectivity index (χ2v) is 5.87. The summed E-state index contributed by atoms with van der Waals surface area (Å²) in [6, 6.07) is 2.12. The molecule has 1 saturated heterocycles.